The lowest BCUT2D eigenvalue weighted by atomic mass is 10.1. The van der Waals surface area contributed by atoms with Gasteiger partial charge in [-0.3, -0.25) is 9.89 Å². The average Bonchev–Trinajstić information content (AvgIpc) is 2.77. The number of aromatic amines is 1. The van der Waals surface area contributed by atoms with Gasteiger partial charge in [-0.25, -0.2) is 4.39 Å². The highest BCUT2D eigenvalue weighted by Gasteiger charge is 2.15. The van der Waals surface area contributed by atoms with Gasteiger partial charge in [-0.15, -0.1) is 0 Å². The molecule has 0 bridgehead atoms. The highest BCUT2D eigenvalue weighted by atomic mass is 19.1. The Morgan fingerprint density at radius 3 is 2.86 bits per heavy atom. The molecule has 0 radical (unpaired) electrons. The van der Waals surface area contributed by atoms with Gasteiger partial charge in [0.1, 0.15) is 5.82 Å². The smallest absolute Gasteiger partial charge is 0.257 e. The first-order valence-electron chi connectivity index (χ1n) is 6.34. The number of rotatable bonds is 2. The van der Waals surface area contributed by atoms with Crippen molar-refractivity contribution in [1.82, 2.24) is 10.2 Å². The zero-order valence-electron chi connectivity index (χ0n) is 11.7. The van der Waals surface area contributed by atoms with Gasteiger partial charge >= 0.3 is 0 Å². The van der Waals surface area contributed by atoms with Gasteiger partial charge in [0.05, 0.1) is 29.2 Å². The van der Waals surface area contributed by atoms with Crippen molar-refractivity contribution in [1.29, 1.82) is 0 Å². The van der Waals surface area contributed by atoms with E-state index >= 15 is 0 Å². The molecule has 2 rings (SSSR count). The van der Waals surface area contributed by atoms with Crippen molar-refractivity contribution in [2.45, 2.75) is 13.8 Å². The molecule has 0 saturated carbocycles. The van der Waals surface area contributed by atoms with Crippen LogP contribution in [0.3, 0.4) is 0 Å². The maximum absolute atomic E-state index is 13.4. The highest BCUT2D eigenvalue weighted by molar-refractivity contribution is 6.06. The molecule has 0 fully saturated rings. The van der Waals surface area contributed by atoms with E-state index in [1.54, 1.807) is 13.8 Å². The lowest BCUT2D eigenvalue weighted by molar-refractivity contribution is 0.102. The van der Waals surface area contributed by atoms with Crippen LogP contribution in [0.4, 0.5) is 10.1 Å². The van der Waals surface area contributed by atoms with Crippen LogP contribution in [-0.2, 0) is 0 Å². The third-order valence-electron chi connectivity index (χ3n) is 2.92. The third-order valence-corrected chi connectivity index (χ3v) is 2.92. The quantitative estimate of drug-likeness (QED) is 0.735. The minimum absolute atomic E-state index is 0.163. The largest absolute Gasteiger partial charge is 0.320 e. The van der Waals surface area contributed by atoms with Crippen molar-refractivity contribution in [3.63, 3.8) is 0 Å². The average molecular weight is 286 g/mol. The number of benzene rings is 1. The molecule has 0 spiro atoms. The molecule has 1 aromatic heterocycles. The molecule has 1 amide bonds. The minimum Gasteiger partial charge on any atom is -0.320 e. The van der Waals surface area contributed by atoms with Gasteiger partial charge in [0.2, 0.25) is 0 Å². The van der Waals surface area contributed by atoms with E-state index in [4.69, 9.17) is 5.73 Å². The lowest BCUT2D eigenvalue weighted by Crippen LogP contribution is -2.15. The number of carbonyl (C=O) groups is 1. The molecule has 108 valence electrons. The monoisotopic (exact) mass is 286 g/mol. The molecule has 0 aliphatic rings. The maximum Gasteiger partial charge on any atom is 0.257 e. The van der Waals surface area contributed by atoms with Gasteiger partial charge in [0.25, 0.3) is 5.91 Å². The van der Waals surface area contributed by atoms with Crippen LogP contribution in [0.5, 0.6) is 0 Å². The van der Waals surface area contributed by atoms with E-state index in [0.717, 1.165) is 11.8 Å². The third kappa shape index (κ3) is 3.27. The molecule has 0 atom stereocenters. The summed E-state index contributed by atoms with van der Waals surface area (Å²) in [6.07, 6.45) is 0. The van der Waals surface area contributed by atoms with Crippen LogP contribution >= 0.6 is 0 Å². The highest BCUT2D eigenvalue weighted by Crippen LogP contribution is 2.19. The number of H-pyrrole nitrogens is 1. The van der Waals surface area contributed by atoms with Crippen LogP contribution in [0.25, 0.3) is 0 Å². The first-order valence-corrected chi connectivity index (χ1v) is 6.34. The second kappa shape index (κ2) is 6.20. The summed E-state index contributed by atoms with van der Waals surface area (Å²) in [7, 11) is 0. The van der Waals surface area contributed by atoms with Gasteiger partial charge in [-0.05, 0) is 32.0 Å². The van der Waals surface area contributed by atoms with E-state index in [1.807, 2.05) is 0 Å². The minimum atomic E-state index is -0.501. The number of amides is 1. The predicted octanol–water partition coefficient (Wildman–Crippen LogP) is 1.73. The van der Waals surface area contributed by atoms with Crippen molar-refractivity contribution in [3.8, 4) is 11.8 Å². The van der Waals surface area contributed by atoms with Gasteiger partial charge in [-0.1, -0.05) is 11.8 Å². The van der Waals surface area contributed by atoms with Crippen molar-refractivity contribution in [3.05, 3.63) is 46.5 Å². The number of hydrogen-bond acceptors (Lipinski definition) is 3. The standard InChI is InChI=1S/C15H15FN4O/c1-9-14(10(2)20-19-9)18-15(21)13-8-12(16)6-5-11(13)4-3-7-17/h5-6,8H,7,17H2,1-2H3,(H,18,21)(H,19,20). The first-order chi connectivity index (χ1) is 10.0. The molecule has 0 aliphatic heterocycles. The van der Waals surface area contributed by atoms with Crippen molar-refractivity contribution in [2.75, 3.05) is 11.9 Å². The van der Waals surface area contributed by atoms with Crippen LogP contribution in [0, 0.1) is 31.5 Å². The molecule has 1 aromatic carbocycles. The van der Waals surface area contributed by atoms with E-state index in [0.29, 0.717) is 16.9 Å². The van der Waals surface area contributed by atoms with Crippen molar-refractivity contribution >= 4 is 11.6 Å². The van der Waals surface area contributed by atoms with E-state index in [-0.39, 0.29) is 12.1 Å². The summed E-state index contributed by atoms with van der Waals surface area (Å²) in [5.41, 5.74) is 7.89. The zero-order valence-corrected chi connectivity index (χ0v) is 11.7. The Bertz CT molecular complexity index is 720. The molecule has 0 aliphatic carbocycles. The number of hydrogen-bond donors (Lipinski definition) is 3. The van der Waals surface area contributed by atoms with Crippen LogP contribution in [0.1, 0.15) is 27.3 Å². The number of anilines is 1. The summed E-state index contributed by atoms with van der Waals surface area (Å²) in [4.78, 5) is 12.3. The normalized spacial score (nSPS) is 9.90. The molecular weight excluding hydrogens is 271 g/mol. The molecular formula is C15H15FN4O. The van der Waals surface area contributed by atoms with Gasteiger partial charge < -0.3 is 11.1 Å². The maximum atomic E-state index is 13.4. The number of nitrogens with zero attached hydrogens (tertiary/aromatic N) is 1. The Labute approximate surface area is 121 Å². The zero-order chi connectivity index (χ0) is 15.4. The molecule has 0 saturated heterocycles. The summed E-state index contributed by atoms with van der Waals surface area (Å²) in [6, 6.07) is 3.87. The number of carbonyl (C=O) groups excluding carboxylic acids is 1. The second-order valence-electron chi connectivity index (χ2n) is 4.46. The Hall–Kier alpha value is -2.65. The van der Waals surface area contributed by atoms with Crippen LogP contribution in [0.2, 0.25) is 0 Å². The molecule has 6 heteroatoms. The Kier molecular flexibility index (Phi) is 4.36. The van der Waals surface area contributed by atoms with Crippen molar-refractivity contribution in [2.24, 2.45) is 5.73 Å². The van der Waals surface area contributed by atoms with E-state index in [1.165, 1.54) is 12.1 Å². The summed E-state index contributed by atoms with van der Waals surface area (Å²) < 4.78 is 13.4. The molecule has 21 heavy (non-hydrogen) atoms. The van der Waals surface area contributed by atoms with Crippen LogP contribution in [0.15, 0.2) is 18.2 Å². The van der Waals surface area contributed by atoms with Gasteiger partial charge in [-0.2, -0.15) is 5.10 Å². The number of nitrogens with one attached hydrogen (secondary N) is 2. The Balaban J connectivity index is 2.36. The summed E-state index contributed by atoms with van der Waals surface area (Å²) in [5, 5.41) is 9.49. The molecule has 2 aromatic rings. The predicted molar refractivity (Wildman–Crippen MR) is 78.3 cm³/mol. The van der Waals surface area contributed by atoms with E-state index < -0.39 is 11.7 Å². The molecule has 4 N–H and O–H groups in total. The number of halogens is 1. The molecule has 5 nitrogen and oxygen atoms in total. The topological polar surface area (TPSA) is 83.8 Å². The Morgan fingerprint density at radius 1 is 1.48 bits per heavy atom. The Morgan fingerprint density at radius 2 is 2.24 bits per heavy atom. The summed E-state index contributed by atoms with van der Waals surface area (Å²) in [6.45, 7) is 3.72. The second-order valence-corrected chi connectivity index (χ2v) is 4.46. The van der Waals surface area contributed by atoms with Crippen molar-refractivity contribution < 1.29 is 9.18 Å². The van der Waals surface area contributed by atoms with E-state index in [2.05, 4.69) is 27.4 Å². The number of aryl methyl sites for hydroxylation is 2. The fourth-order valence-electron chi connectivity index (χ4n) is 1.88. The van der Waals surface area contributed by atoms with Gasteiger partial charge in [0.15, 0.2) is 0 Å². The fraction of sp³-hybridized carbons (Fsp3) is 0.200. The number of nitrogens with two attached hydrogens (primary N) is 1. The van der Waals surface area contributed by atoms with Gasteiger partial charge in [0, 0.05) is 5.56 Å². The molecule has 0 unspecified atom stereocenters. The fourth-order valence-corrected chi connectivity index (χ4v) is 1.88. The SMILES string of the molecule is Cc1n[nH]c(C)c1NC(=O)c1cc(F)ccc1C#CCN. The van der Waals surface area contributed by atoms with Crippen LogP contribution in [-0.4, -0.2) is 22.6 Å². The van der Waals surface area contributed by atoms with E-state index in [9.17, 15) is 9.18 Å². The lowest BCUT2D eigenvalue weighted by Gasteiger charge is -2.07. The molecule has 1 heterocycles. The number of aromatic nitrogens is 2. The summed E-state index contributed by atoms with van der Waals surface area (Å²) in [5.74, 6) is 4.48. The summed E-state index contributed by atoms with van der Waals surface area (Å²) >= 11 is 0. The first kappa shape index (κ1) is 14.8. The van der Waals surface area contributed by atoms with Crippen LogP contribution < -0.4 is 11.1 Å².